The molecule has 59 valence electrons. The van der Waals surface area contributed by atoms with Crippen LogP contribution in [0.4, 0.5) is 0 Å². The Hall–Kier alpha value is 0.330. The Kier molecular flexibility index (Phi) is 6.27. The van der Waals surface area contributed by atoms with E-state index in [0.717, 1.165) is 11.5 Å². The molecule has 0 aliphatic carbocycles. The van der Waals surface area contributed by atoms with Gasteiger partial charge in [0, 0.05) is 3.71 Å². The average molecular weight is 179 g/mol. The molecule has 0 spiro atoms. The summed E-state index contributed by atoms with van der Waals surface area (Å²) in [6.45, 7) is 5.67. The molecule has 0 N–H and O–H groups in total. The Bertz CT molecular complexity index is 102. The molecule has 1 amide bonds. The van der Waals surface area contributed by atoms with E-state index in [1.54, 1.807) is 34.5 Å². The second kappa shape index (κ2) is 6.07. The number of hydrogen-bond donors (Lipinski definition) is 0. The van der Waals surface area contributed by atoms with Crippen LogP contribution in [0.5, 0.6) is 0 Å². The SMILES string of the molecule is CCS[N+](SCC)C(C)=O. The van der Waals surface area contributed by atoms with Gasteiger partial charge in [-0.25, -0.2) is 4.79 Å². The lowest BCUT2D eigenvalue weighted by Gasteiger charge is -1.97. The van der Waals surface area contributed by atoms with Crippen LogP contribution in [-0.2, 0) is 4.79 Å². The van der Waals surface area contributed by atoms with E-state index >= 15 is 0 Å². The van der Waals surface area contributed by atoms with Crippen LogP contribution in [0.1, 0.15) is 20.8 Å². The fourth-order valence-corrected chi connectivity index (χ4v) is 2.22. The molecule has 4 heteroatoms. The van der Waals surface area contributed by atoms with Crippen LogP contribution < -0.4 is 3.71 Å². The van der Waals surface area contributed by atoms with Crippen LogP contribution in [0, 0.1) is 0 Å². The molecular weight excluding hydrogens is 166 g/mol. The first kappa shape index (κ1) is 10.3. The summed E-state index contributed by atoms with van der Waals surface area (Å²) in [4.78, 5) is 10.8. The van der Waals surface area contributed by atoms with E-state index < -0.39 is 0 Å². The maximum atomic E-state index is 10.8. The molecule has 0 rings (SSSR count). The maximum Gasteiger partial charge on any atom is 0.384 e. The van der Waals surface area contributed by atoms with Crippen LogP contribution in [0.3, 0.4) is 0 Å². The first-order valence-electron chi connectivity index (χ1n) is 3.28. The number of rotatable bonds is 4. The van der Waals surface area contributed by atoms with Crippen LogP contribution in [0.15, 0.2) is 0 Å². The normalized spacial score (nSPS) is 10.4. The highest BCUT2D eigenvalue weighted by atomic mass is 32.2. The van der Waals surface area contributed by atoms with E-state index in [2.05, 4.69) is 0 Å². The summed E-state index contributed by atoms with van der Waals surface area (Å²) in [6.07, 6.45) is 0. The summed E-state index contributed by atoms with van der Waals surface area (Å²) < 4.78 is 1.72. The topological polar surface area (TPSA) is 23.0 Å². The van der Waals surface area contributed by atoms with Crippen molar-refractivity contribution in [2.24, 2.45) is 0 Å². The van der Waals surface area contributed by atoms with Gasteiger partial charge >= 0.3 is 5.91 Å². The molecule has 0 aromatic carbocycles. The van der Waals surface area contributed by atoms with E-state index in [0.29, 0.717) is 0 Å². The highest BCUT2D eigenvalue weighted by molar-refractivity contribution is 8.14. The Morgan fingerprint density at radius 3 is 1.90 bits per heavy atom. The molecule has 0 atom stereocenters. The highest BCUT2D eigenvalue weighted by Crippen LogP contribution is 2.16. The predicted molar refractivity (Wildman–Crippen MR) is 49.1 cm³/mol. The van der Waals surface area contributed by atoms with Crippen LogP contribution in [0.2, 0.25) is 0 Å². The molecule has 10 heavy (non-hydrogen) atoms. The van der Waals surface area contributed by atoms with Gasteiger partial charge in [0.25, 0.3) is 0 Å². The number of nitrogens with zero attached hydrogens (tertiary/aromatic N) is 1. The molecule has 0 aromatic heterocycles. The zero-order chi connectivity index (χ0) is 7.98. The molecule has 0 bridgehead atoms. The number of hydrogen-bond acceptors (Lipinski definition) is 3. The van der Waals surface area contributed by atoms with E-state index in [-0.39, 0.29) is 5.91 Å². The monoisotopic (exact) mass is 179 g/mol. The summed E-state index contributed by atoms with van der Waals surface area (Å²) >= 11 is 3.11. The molecule has 1 radical (unpaired) electrons. The minimum atomic E-state index is 0.124. The summed E-state index contributed by atoms with van der Waals surface area (Å²) in [5.74, 6) is 2.03. The second-order valence-electron chi connectivity index (χ2n) is 1.61. The average Bonchev–Trinajstić information content (AvgIpc) is 1.87. The molecule has 0 saturated carbocycles. The van der Waals surface area contributed by atoms with Gasteiger partial charge in [-0.1, -0.05) is 13.8 Å². The molecule has 0 unspecified atom stereocenters. The maximum absolute atomic E-state index is 10.8. The van der Waals surface area contributed by atoms with Gasteiger partial charge in [0.1, 0.15) is 0 Å². The lowest BCUT2D eigenvalue weighted by Crippen LogP contribution is -2.19. The molecule has 0 fully saturated rings. The molecule has 0 saturated heterocycles. The molecule has 2 nitrogen and oxygen atoms in total. The smallest absolute Gasteiger partial charge is 0.223 e. The molecule has 0 heterocycles. The summed E-state index contributed by atoms with van der Waals surface area (Å²) in [5.41, 5.74) is 0. The molecule has 0 aliphatic rings. The Labute approximate surface area is 71.0 Å². The summed E-state index contributed by atoms with van der Waals surface area (Å²) in [5, 5.41) is 0. The predicted octanol–water partition coefficient (Wildman–Crippen LogP) is 2.01. The van der Waals surface area contributed by atoms with Gasteiger partial charge in [0.2, 0.25) is 0 Å². The van der Waals surface area contributed by atoms with E-state index in [1.165, 1.54) is 0 Å². The molecular formula is C6H13NOS2+. The quantitative estimate of drug-likeness (QED) is 0.487. The van der Waals surface area contributed by atoms with Gasteiger partial charge in [0.15, 0.2) is 23.9 Å². The van der Waals surface area contributed by atoms with E-state index in [1.807, 2.05) is 13.8 Å². The van der Waals surface area contributed by atoms with Crippen molar-refractivity contribution in [2.45, 2.75) is 20.8 Å². The summed E-state index contributed by atoms with van der Waals surface area (Å²) in [7, 11) is 0. The van der Waals surface area contributed by atoms with Crippen molar-refractivity contribution in [3.63, 3.8) is 0 Å². The Morgan fingerprint density at radius 1 is 1.30 bits per heavy atom. The van der Waals surface area contributed by atoms with Crippen molar-refractivity contribution in [2.75, 3.05) is 11.5 Å². The third kappa shape index (κ3) is 4.19. The number of carbonyl (C=O) groups excluding carboxylic acids is 1. The van der Waals surface area contributed by atoms with Gasteiger partial charge in [-0.3, -0.25) is 0 Å². The van der Waals surface area contributed by atoms with Crippen LogP contribution in [0.25, 0.3) is 0 Å². The lowest BCUT2D eigenvalue weighted by atomic mass is 10.8. The van der Waals surface area contributed by atoms with Gasteiger partial charge in [0.05, 0.1) is 18.4 Å². The van der Waals surface area contributed by atoms with Crippen molar-refractivity contribution < 1.29 is 4.79 Å². The Balaban J connectivity index is 3.61. The third-order valence-electron chi connectivity index (χ3n) is 0.750. The van der Waals surface area contributed by atoms with Gasteiger partial charge < -0.3 is 0 Å². The zero-order valence-corrected chi connectivity index (χ0v) is 8.22. The van der Waals surface area contributed by atoms with Crippen LogP contribution >= 0.6 is 23.9 Å². The van der Waals surface area contributed by atoms with Crippen LogP contribution in [-0.4, -0.2) is 17.4 Å². The highest BCUT2D eigenvalue weighted by Gasteiger charge is 2.23. The van der Waals surface area contributed by atoms with Crippen molar-refractivity contribution in [3.05, 3.63) is 0 Å². The lowest BCUT2D eigenvalue weighted by molar-refractivity contribution is -0.118. The Morgan fingerprint density at radius 2 is 1.70 bits per heavy atom. The zero-order valence-electron chi connectivity index (χ0n) is 6.59. The largest absolute Gasteiger partial charge is 0.384 e. The van der Waals surface area contributed by atoms with E-state index in [4.69, 9.17) is 0 Å². The fraction of sp³-hybridized carbons (Fsp3) is 0.833. The standard InChI is InChI=1S/C6H13NOS2/c1-4-9-7(6(3)8)10-5-2/h4-5H2,1-3H3/q+1. The summed E-state index contributed by atoms with van der Waals surface area (Å²) in [6, 6.07) is 0. The fourth-order valence-electron chi connectivity index (χ4n) is 0.454. The van der Waals surface area contributed by atoms with Gasteiger partial charge in [-0.2, -0.15) is 0 Å². The van der Waals surface area contributed by atoms with Crippen molar-refractivity contribution in [1.82, 2.24) is 3.71 Å². The van der Waals surface area contributed by atoms with Gasteiger partial charge in [-0.15, -0.1) is 0 Å². The third-order valence-corrected chi connectivity index (χ3v) is 2.88. The van der Waals surface area contributed by atoms with Gasteiger partial charge in [-0.05, 0) is 0 Å². The van der Waals surface area contributed by atoms with Crippen molar-refractivity contribution in [1.29, 1.82) is 0 Å². The number of carbonyl (C=O) groups is 1. The first-order valence-corrected chi connectivity index (χ1v) is 5.17. The minimum Gasteiger partial charge on any atom is -0.223 e. The minimum absolute atomic E-state index is 0.124. The van der Waals surface area contributed by atoms with E-state index in [9.17, 15) is 4.79 Å². The second-order valence-corrected chi connectivity index (χ2v) is 4.24. The molecule has 0 aliphatic heterocycles. The van der Waals surface area contributed by atoms with Crippen molar-refractivity contribution >= 4 is 29.8 Å². The molecule has 0 aromatic rings. The van der Waals surface area contributed by atoms with Crippen molar-refractivity contribution in [3.8, 4) is 0 Å². The number of amides is 1. The first-order chi connectivity index (χ1) is 4.72.